The van der Waals surface area contributed by atoms with Crippen molar-refractivity contribution >= 4 is 5.57 Å². The van der Waals surface area contributed by atoms with Crippen molar-refractivity contribution < 1.29 is 0 Å². The van der Waals surface area contributed by atoms with Gasteiger partial charge in [0.05, 0.1) is 0 Å². The third kappa shape index (κ3) is 3.68. The summed E-state index contributed by atoms with van der Waals surface area (Å²) in [5.74, 6) is 0. The second-order valence-electron chi connectivity index (χ2n) is 5.02. The predicted molar refractivity (Wildman–Crippen MR) is 101 cm³/mol. The first-order valence-corrected chi connectivity index (χ1v) is 8.63. The second kappa shape index (κ2) is 9.25. The van der Waals surface area contributed by atoms with Crippen LogP contribution in [0.4, 0.5) is 0 Å². The van der Waals surface area contributed by atoms with Gasteiger partial charge in [-0.25, -0.2) is 0 Å². The number of rotatable bonds is 2. The molecule has 0 heteroatoms. The van der Waals surface area contributed by atoms with Crippen LogP contribution in [-0.4, -0.2) is 0 Å². The van der Waals surface area contributed by atoms with Gasteiger partial charge in [0.2, 0.25) is 0 Å². The van der Waals surface area contributed by atoms with Crippen LogP contribution in [0.25, 0.3) is 5.57 Å². The molecule has 2 aliphatic rings. The molecule has 0 aromatic heterocycles. The fraction of sp³-hybridized carbons (Fsp3) is 0.364. The molecule has 1 aromatic carbocycles. The maximum Gasteiger partial charge on any atom is -0.00167 e. The molecule has 0 aliphatic heterocycles. The SMILES string of the molecule is C=CC1=C(c2ccccc2C)C2=CCCC=C2C1.CC.CC. The summed E-state index contributed by atoms with van der Waals surface area (Å²) in [7, 11) is 0. The Morgan fingerprint density at radius 3 is 2.23 bits per heavy atom. The summed E-state index contributed by atoms with van der Waals surface area (Å²) < 4.78 is 0. The van der Waals surface area contributed by atoms with Crippen molar-refractivity contribution in [2.24, 2.45) is 0 Å². The predicted octanol–water partition coefficient (Wildman–Crippen LogP) is 7.04. The Morgan fingerprint density at radius 2 is 1.59 bits per heavy atom. The molecule has 1 aromatic rings. The average molecular weight is 294 g/mol. The standard InChI is InChI=1S/C18H18.2C2H6/c1-3-14-12-15-9-5-7-11-17(15)18(14)16-10-6-4-8-13(16)2;2*1-2/h3-4,6,8-11H,1,5,7,12H2,2H3;2*1-2H3. The molecule has 0 saturated heterocycles. The van der Waals surface area contributed by atoms with Crippen LogP contribution in [-0.2, 0) is 0 Å². The summed E-state index contributed by atoms with van der Waals surface area (Å²) in [6, 6.07) is 8.65. The Balaban J connectivity index is 0.000000561. The molecule has 0 spiro atoms. The molecular weight excluding hydrogens is 264 g/mol. The summed E-state index contributed by atoms with van der Waals surface area (Å²) in [4.78, 5) is 0. The summed E-state index contributed by atoms with van der Waals surface area (Å²) in [5.41, 5.74) is 8.45. The molecule has 2 aliphatic carbocycles. The van der Waals surface area contributed by atoms with Crippen LogP contribution in [0.15, 0.2) is 65.8 Å². The van der Waals surface area contributed by atoms with Gasteiger partial charge in [-0.1, -0.05) is 76.8 Å². The van der Waals surface area contributed by atoms with Crippen molar-refractivity contribution in [1.82, 2.24) is 0 Å². The molecule has 0 bridgehead atoms. The monoisotopic (exact) mass is 294 g/mol. The van der Waals surface area contributed by atoms with Gasteiger partial charge in [0, 0.05) is 0 Å². The number of hydrogen-bond donors (Lipinski definition) is 0. The first kappa shape index (κ1) is 18.2. The van der Waals surface area contributed by atoms with Crippen molar-refractivity contribution in [2.45, 2.75) is 53.9 Å². The fourth-order valence-corrected chi connectivity index (χ4v) is 2.97. The Hall–Kier alpha value is -1.82. The summed E-state index contributed by atoms with van der Waals surface area (Å²) in [6.45, 7) is 14.2. The van der Waals surface area contributed by atoms with Crippen molar-refractivity contribution in [1.29, 1.82) is 0 Å². The molecule has 0 fully saturated rings. The zero-order valence-electron chi connectivity index (χ0n) is 14.9. The number of aryl methyl sites for hydroxylation is 1. The number of fused-ring (bicyclic) bond motifs is 1. The van der Waals surface area contributed by atoms with Gasteiger partial charge in [0.15, 0.2) is 0 Å². The van der Waals surface area contributed by atoms with Gasteiger partial charge in [-0.15, -0.1) is 0 Å². The molecule has 0 nitrogen and oxygen atoms in total. The van der Waals surface area contributed by atoms with E-state index in [0.717, 1.165) is 6.42 Å². The molecule has 0 heterocycles. The van der Waals surface area contributed by atoms with E-state index >= 15 is 0 Å². The quantitative estimate of drug-likeness (QED) is 0.549. The van der Waals surface area contributed by atoms with E-state index in [1.54, 1.807) is 0 Å². The molecule has 0 N–H and O–H groups in total. The molecule has 0 radical (unpaired) electrons. The summed E-state index contributed by atoms with van der Waals surface area (Å²) in [6.07, 6.45) is 10.2. The zero-order valence-corrected chi connectivity index (χ0v) is 14.9. The van der Waals surface area contributed by atoms with Crippen LogP contribution < -0.4 is 0 Å². The third-order valence-electron chi connectivity index (χ3n) is 3.88. The lowest BCUT2D eigenvalue weighted by molar-refractivity contribution is 0.995. The lowest BCUT2D eigenvalue weighted by Crippen LogP contribution is -1.94. The van der Waals surface area contributed by atoms with Gasteiger partial charge >= 0.3 is 0 Å². The minimum Gasteiger partial charge on any atom is -0.0988 e. The zero-order chi connectivity index (χ0) is 16.5. The van der Waals surface area contributed by atoms with Crippen molar-refractivity contribution in [2.75, 3.05) is 0 Å². The molecule has 22 heavy (non-hydrogen) atoms. The maximum atomic E-state index is 3.99. The van der Waals surface area contributed by atoms with Crippen molar-refractivity contribution in [3.05, 3.63) is 76.9 Å². The Kier molecular flexibility index (Phi) is 7.66. The first-order chi connectivity index (χ1) is 10.8. The van der Waals surface area contributed by atoms with Crippen LogP contribution in [0.2, 0.25) is 0 Å². The average Bonchev–Trinajstić information content (AvgIpc) is 2.97. The van der Waals surface area contributed by atoms with E-state index in [4.69, 9.17) is 0 Å². The van der Waals surface area contributed by atoms with E-state index in [-0.39, 0.29) is 0 Å². The highest BCUT2D eigenvalue weighted by molar-refractivity contribution is 5.92. The van der Waals surface area contributed by atoms with Crippen molar-refractivity contribution in [3.63, 3.8) is 0 Å². The van der Waals surface area contributed by atoms with Gasteiger partial charge in [-0.05, 0) is 59.6 Å². The lowest BCUT2D eigenvalue weighted by atomic mass is 9.90. The topological polar surface area (TPSA) is 0 Å². The van der Waals surface area contributed by atoms with Crippen LogP contribution in [0.3, 0.4) is 0 Å². The highest BCUT2D eigenvalue weighted by Crippen LogP contribution is 2.45. The van der Waals surface area contributed by atoms with E-state index in [0.29, 0.717) is 0 Å². The minimum absolute atomic E-state index is 1.05. The molecule has 0 unspecified atom stereocenters. The molecule has 0 amide bonds. The Bertz CT molecular complexity index is 594. The largest absolute Gasteiger partial charge is 0.0988 e. The second-order valence-corrected chi connectivity index (χ2v) is 5.02. The lowest BCUT2D eigenvalue weighted by Gasteiger charge is -2.14. The summed E-state index contributed by atoms with van der Waals surface area (Å²) in [5, 5.41) is 0. The van der Waals surface area contributed by atoms with E-state index in [9.17, 15) is 0 Å². The highest BCUT2D eigenvalue weighted by Gasteiger charge is 2.25. The summed E-state index contributed by atoms with van der Waals surface area (Å²) >= 11 is 0. The fourth-order valence-electron chi connectivity index (χ4n) is 2.97. The van der Waals surface area contributed by atoms with Crippen LogP contribution in [0.1, 0.15) is 58.1 Å². The highest BCUT2D eigenvalue weighted by atomic mass is 14.3. The smallest absolute Gasteiger partial charge is 0.00167 e. The maximum absolute atomic E-state index is 3.99. The Labute approximate surface area is 137 Å². The molecule has 0 atom stereocenters. The van der Waals surface area contributed by atoms with Gasteiger partial charge < -0.3 is 0 Å². The number of benzene rings is 1. The molecule has 0 saturated carbocycles. The van der Waals surface area contributed by atoms with Crippen LogP contribution >= 0.6 is 0 Å². The van der Waals surface area contributed by atoms with Crippen molar-refractivity contribution in [3.8, 4) is 0 Å². The normalized spacial score (nSPS) is 15.5. The van der Waals surface area contributed by atoms with E-state index in [1.165, 1.54) is 46.3 Å². The van der Waals surface area contributed by atoms with Gasteiger partial charge in [-0.2, -0.15) is 0 Å². The first-order valence-electron chi connectivity index (χ1n) is 8.63. The number of allylic oxidation sites excluding steroid dienone is 7. The molecule has 3 rings (SSSR count). The number of hydrogen-bond acceptors (Lipinski definition) is 0. The molecular formula is C22H30. The Morgan fingerprint density at radius 1 is 0.955 bits per heavy atom. The van der Waals surface area contributed by atoms with E-state index in [1.807, 2.05) is 33.8 Å². The van der Waals surface area contributed by atoms with Crippen LogP contribution in [0.5, 0.6) is 0 Å². The van der Waals surface area contributed by atoms with E-state index in [2.05, 4.69) is 49.9 Å². The van der Waals surface area contributed by atoms with Gasteiger partial charge in [0.25, 0.3) is 0 Å². The van der Waals surface area contributed by atoms with Gasteiger partial charge in [-0.3, -0.25) is 0 Å². The third-order valence-corrected chi connectivity index (χ3v) is 3.88. The van der Waals surface area contributed by atoms with Crippen LogP contribution in [0, 0.1) is 6.92 Å². The van der Waals surface area contributed by atoms with E-state index < -0.39 is 0 Å². The minimum atomic E-state index is 1.05. The van der Waals surface area contributed by atoms with Gasteiger partial charge in [0.1, 0.15) is 0 Å². The molecule has 118 valence electrons.